The number of rotatable bonds is 1. The van der Waals surface area contributed by atoms with Gasteiger partial charge in [0.2, 0.25) is 0 Å². The summed E-state index contributed by atoms with van der Waals surface area (Å²) in [4.78, 5) is 0. The van der Waals surface area contributed by atoms with E-state index in [1.807, 2.05) is 12.1 Å². The maximum absolute atomic E-state index is 6.04. The van der Waals surface area contributed by atoms with Gasteiger partial charge in [-0.05, 0) is 39.0 Å². The van der Waals surface area contributed by atoms with Crippen molar-refractivity contribution < 1.29 is 0 Å². The number of halogens is 2. The van der Waals surface area contributed by atoms with Crippen molar-refractivity contribution in [2.45, 2.75) is 25.8 Å². The average Bonchev–Trinajstić information content (AvgIpc) is 2.58. The van der Waals surface area contributed by atoms with Gasteiger partial charge in [-0.3, -0.25) is 0 Å². The Balaban J connectivity index is 2.32. The molecule has 76 valence electrons. The molecule has 0 aliphatic heterocycles. The highest BCUT2D eigenvalue weighted by Gasteiger charge is 2.56. The second-order valence-corrected chi connectivity index (χ2v) is 5.76. The number of hydrogen-bond donors (Lipinski definition) is 1. The molecular weight excluding hydrogens is 261 g/mol. The largest absolute Gasteiger partial charge is 0.327 e. The Morgan fingerprint density at radius 2 is 2.00 bits per heavy atom. The summed E-state index contributed by atoms with van der Waals surface area (Å²) in [6, 6.07) is 6.35. The first-order valence-electron chi connectivity index (χ1n) is 4.65. The van der Waals surface area contributed by atoms with E-state index in [4.69, 9.17) is 17.3 Å². The Bertz CT molecular complexity index is 376. The van der Waals surface area contributed by atoms with Crippen LogP contribution in [0.5, 0.6) is 0 Å². The highest BCUT2D eigenvalue weighted by atomic mass is 79.9. The summed E-state index contributed by atoms with van der Waals surface area (Å²) in [6.07, 6.45) is 0. The smallest absolute Gasteiger partial charge is 0.0550 e. The molecular formula is C11H13BrClN. The molecule has 0 spiro atoms. The van der Waals surface area contributed by atoms with Crippen molar-refractivity contribution in [2.24, 2.45) is 11.1 Å². The van der Waals surface area contributed by atoms with Crippen LogP contribution < -0.4 is 5.73 Å². The molecule has 2 rings (SSSR count). The van der Waals surface area contributed by atoms with Gasteiger partial charge in [0.25, 0.3) is 0 Å². The lowest BCUT2D eigenvalue weighted by atomic mass is 10.0. The first-order valence-corrected chi connectivity index (χ1v) is 5.82. The molecule has 0 saturated heterocycles. The molecule has 1 aliphatic carbocycles. The van der Waals surface area contributed by atoms with Crippen LogP contribution in [0.2, 0.25) is 5.02 Å². The molecule has 3 heteroatoms. The zero-order valence-electron chi connectivity index (χ0n) is 8.22. The van der Waals surface area contributed by atoms with Crippen molar-refractivity contribution >= 4 is 27.5 Å². The number of hydrogen-bond acceptors (Lipinski definition) is 1. The normalized spacial score (nSPS) is 28.9. The number of benzene rings is 1. The third-order valence-electron chi connectivity index (χ3n) is 3.21. The fraction of sp³-hybridized carbons (Fsp3) is 0.455. The van der Waals surface area contributed by atoms with Crippen LogP contribution in [0, 0.1) is 5.41 Å². The number of nitrogens with two attached hydrogens (primary N) is 1. The third kappa shape index (κ3) is 1.50. The zero-order chi connectivity index (χ0) is 10.5. The van der Waals surface area contributed by atoms with Crippen LogP contribution in [0.25, 0.3) is 0 Å². The van der Waals surface area contributed by atoms with E-state index in [1.54, 1.807) is 0 Å². The van der Waals surface area contributed by atoms with Gasteiger partial charge in [-0.25, -0.2) is 0 Å². The SMILES string of the molecule is CC1(C)[C@@H](N)[C@@H]1c1ccc(Br)c(Cl)c1. The van der Waals surface area contributed by atoms with E-state index in [0.717, 1.165) is 9.50 Å². The first-order chi connectivity index (χ1) is 6.44. The second-order valence-electron chi connectivity index (χ2n) is 4.50. The third-order valence-corrected chi connectivity index (χ3v) is 4.45. The minimum Gasteiger partial charge on any atom is -0.327 e. The van der Waals surface area contributed by atoms with Gasteiger partial charge in [0.1, 0.15) is 0 Å². The first kappa shape index (κ1) is 10.5. The van der Waals surface area contributed by atoms with Crippen LogP contribution in [0.15, 0.2) is 22.7 Å². The summed E-state index contributed by atoms with van der Waals surface area (Å²) < 4.78 is 0.940. The summed E-state index contributed by atoms with van der Waals surface area (Å²) in [5, 5.41) is 0.761. The van der Waals surface area contributed by atoms with Crippen molar-refractivity contribution in [3.63, 3.8) is 0 Å². The van der Waals surface area contributed by atoms with Crippen molar-refractivity contribution in [1.29, 1.82) is 0 Å². The fourth-order valence-electron chi connectivity index (χ4n) is 2.02. The lowest BCUT2D eigenvalue weighted by Crippen LogP contribution is -2.06. The van der Waals surface area contributed by atoms with Gasteiger partial charge in [-0.2, -0.15) is 0 Å². The van der Waals surface area contributed by atoms with E-state index in [0.29, 0.717) is 5.92 Å². The molecule has 0 bridgehead atoms. The summed E-state index contributed by atoms with van der Waals surface area (Å²) >= 11 is 9.42. The Morgan fingerprint density at radius 1 is 1.43 bits per heavy atom. The van der Waals surface area contributed by atoms with E-state index in [1.165, 1.54) is 5.56 Å². The van der Waals surface area contributed by atoms with Gasteiger partial charge in [-0.15, -0.1) is 0 Å². The summed E-state index contributed by atoms with van der Waals surface area (Å²) in [7, 11) is 0. The lowest BCUT2D eigenvalue weighted by molar-refractivity contribution is 0.599. The van der Waals surface area contributed by atoms with Gasteiger partial charge in [0, 0.05) is 16.4 Å². The van der Waals surface area contributed by atoms with Crippen molar-refractivity contribution in [1.82, 2.24) is 0 Å². The van der Waals surface area contributed by atoms with Crippen molar-refractivity contribution in [3.05, 3.63) is 33.3 Å². The van der Waals surface area contributed by atoms with Crippen LogP contribution in [0.4, 0.5) is 0 Å². The summed E-state index contributed by atoms with van der Waals surface area (Å²) in [6.45, 7) is 4.39. The molecule has 1 saturated carbocycles. The second kappa shape index (κ2) is 3.22. The van der Waals surface area contributed by atoms with E-state index in [-0.39, 0.29) is 11.5 Å². The maximum Gasteiger partial charge on any atom is 0.0550 e. The Hall–Kier alpha value is -0.0500. The van der Waals surface area contributed by atoms with Crippen LogP contribution >= 0.6 is 27.5 Å². The van der Waals surface area contributed by atoms with E-state index in [2.05, 4.69) is 35.8 Å². The molecule has 0 aromatic heterocycles. The molecule has 14 heavy (non-hydrogen) atoms. The molecule has 0 unspecified atom stereocenters. The van der Waals surface area contributed by atoms with Gasteiger partial charge in [-0.1, -0.05) is 31.5 Å². The molecule has 1 aromatic carbocycles. The van der Waals surface area contributed by atoms with E-state index in [9.17, 15) is 0 Å². The minimum absolute atomic E-state index is 0.219. The molecule has 0 amide bonds. The Kier molecular flexibility index (Phi) is 2.41. The monoisotopic (exact) mass is 273 g/mol. The van der Waals surface area contributed by atoms with Gasteiger partial charge >= 0.3 is 0 Å². The van der Waals surface area contributed by atoms with Gasteiger partial charge < -0.3 is 5.73 Å². The van der Waals surface area contributed by atoms with E-state index >= 15 is 0 Å². The van der Waals surface area contributed by atoms with Crippen LogP contribution in [0.1, 0.15) is 25.3 Å². The Labute approximate surface area is 97.8 Å². The van der Waals surface area contributed by atoms with Crippen LogP contribution in [-0.2, 0) is 0 Å². The maximum atomic E-state index is 6.04. The molecule has 1 aliphatic rings. The van der Waals surface area contributed by atoms with Crippen molar-refractivity contribution in [3.8, 4) is 0 Å². The van der Waals surface area contributed by atoms with Crippen molar-refractivity contribution in [2.75, 3.05) is 0 Å². The molecule has 0 radical (unpaired) electrons. The molecule has 1 nitrogen and oxygen atoms in total. The van der Waals surface area contributed by atoms with Crippen LogP contribution in [0.3, 0.4) is 0 Å². The standard InChI is InChI=1S/C11H13BrClN/c1-11(2)9(10(11)14)6-3-4-7(12)8(13)5-6/h3-5,9-10H,14H2,1-2H3/t9-,10-/m0/s1. The van der Waals surface area contributed by atoms with Crippen LogP contribution in [-0.4, -0.2) is 6.04 Å². The minimum atomic E-state index is 0.219. The topological polar surface area (TPSA) is 26.0 Å². The van der Waals surface area contributed by atoms with Gasteiger partial charge in [0.05, 0.1) is 5.02 Å². The Morgan fingerprint density at radius 3 is 2.43 bits per heavy atom. The molecule has 1 fully saturated rings. The molecule has 2 N–H and O–H groups in total. The summed E-state index contributed by atoms with van der Waals surface area (Å²) in [5.74, 6) is 0.452. The predicted octanol–water partition coefficient (Wildman–Crippen LogP) is 3.55. The summed E-state index contributed by atoms with van der Waals surface area (Å²) in [5.41, 5.74) is 7.48. The fourth-order valence-corrected chi connectivity index (χ4v) is 2.46. The molecule has 1 aromatic rings. The molecule has 0 heterocycles. The predicted molar refractivity (Wildman–Crippen MR) is 63.6 cm³/mol. The quantitative estimate of drug-likeness (QED) is 0.833. The highest BCUT2D eigenvalue weighted by Crippen LogP contribution is 2.57. The molecule has 2 atom stereocenters. The zero-order valence-corrected chi connectivity index (χ0v) is 10.6. The highest BCUT2D eigenvalue weighted by molar-refractivity contribution is 9.10. The van der Waals surface area contributed by atoms with Gasteiger partial charge in [0.15, 0.2) is 0 Å². The average molecular weight is 275 g/mol. The van der Waals surface area contributed by atoms with E-state index < -0.39 is 0 Å². The lowest BCUT2D eigenvalue weighted by Gasteiger charge is -2.04.